The molecule has 1 aromatic carbocycles. The number of aromatic nitrogens is 2. The molecule has 0 aliphatic carbocycles. The van der Waals surface area contributed by atoms with Crippen molar-refractivity contribution >= 4 is 29.1 Å². The lowest BCUT2D eigenvalue weighted by molar-refractivity contribution is 0.0683. The Morgan fingerprint density at radius 3 is 2.59 bits per heavy atom. The zero-order valence-electron chi connectivity index (χ0n) is 8.59. The number of carbonyl (C=O) groups is 1. The summed E-state index contributed by atoms with van der Waals surface area (Å²) in [6.07, 6.45) is 1.38. The van der Waals surface area contributed by atoms with Gasteiger partial charge in [-0.1, -0.05) is 11.6 Å². The first-order valence-electron chi connectivity index (χ1n) is 4.74. The van der Waals surface area contributed by atoms with Crippen molar-refractivity contribution in [3.05, 3.63) is 47.4 Å². The Hall–Kier alpha value is -2.14. The molecule has 2 aromatic rings. The summed E-state index contributed by atoms with van der Waals surface area (Å²) in [6.45, 7) is 0. The first kappa shape index (κ1) is 11.3. The lowest BCUT2D eigenvalue weighted by Crippen LogP contribution is -2.05. The lowest BCUT2D eigenvalue weighted by atomic mass is 10.3. The SMILES string of the molecule is O=C(O)c1nccc(Nc2ccc(Cl)cc2)n1. The third-order valence-corrected chi connectivity index (χ3v) is 2.22. The second-order valence-electron chi connectivity index (χ2n) is 3.20. The van der Waals surface area contributed by atoms with Crippen molar-refractivity contribution in [3.8, 4) is 0 Å². The molecule has 1 heterocycles. The fourth-order valence-corrected chi connectivity index (χ4v) is 1.34. The Balaban J connectivity index is 2.21. The average Bonchev–Trinajstić information content (AvgIpc) is 2.32. The second-order valence-corrected chi connectivity index (χ2v) is 3.64. The van der Waals surface area contributed by atoms with Crippen LogP contribution in [0, 0.1) is 0 Å². The summed E-state index contributed by atoms with van der Waals surface area (Å²) in [5, 5.41) is 12.3. The molecular weight excluding hydrogens is 242 g/mol. The van der Waals surface area contributed by atoms with Crippen LogP contribution in [0.4, 0.5) is 11.5 Å². The first-order valence-corrected chi connectivity index (χ1v) is 5.12. The van der Waals surface area contributed by atoms with Gasteiger partial charge in [-0.05, 0) is 30.3 Å². The standard InChI is InChI=1S/C11H8ClN3O2/c12-7-1-3-8(4-2-7)14-9-5-6-13-10(15-9)11(16)17/h1-6H,(H,16,17)(H,13,14,15). The number of anilines is 2. The molecule has 0 saturated carbocycles. The molecule has 0 aliphatic rings. The molecule has 86 valence electrons. The molecule has 0 radical (unpaired) electrons. The topological polar surface area (TPSA) is 75.1 Å². The van der Waals surface area contributed by atoms with Gasteiger partial charge in [-0.25, -0.2) is 14.8 Å². The number of aromatic carboxylic acids is 1. The normalized spacial score (nSPS) is 9.94. The third-order valence-electron chi connectivity index (χ3n) is 1.96. The molecule has 0 fully saturated rings. The first-order chi connectivity index (χ1) is 8.15. The Labute approximate surface area is 102 Å². The maximum Gasteiger partial charge on any atom is 0.374 e. The van der Waals surface area contributed by atoms with Gasteiger partial charge in [0, 0.05) is 16.9 Å². The van der Waals surface area contributed by atoms with Crippen molar-refractivity contribution in [2.24, 2.45) is 0 Å². The fraction of sp³-hybridized carbons (Fsp3) is 0. The van der Waals surface area contributed by atoms with Gasteiger partial charge in [0.15, 0.2) is 0 Å². The highest BCUT2D eigenvalue weighted by Crippen LogP contribution is 2.17. The Morgan fingerprint density at radius 1 is 1.24 bits per heavy atom. The van der Waals surface area contributed by atoms with E-state index in [4.69, 9.17) is 16.7 Å². The van der Waals surface area contributed by atoms with Crippen molar-refractivity contribution in [3.63, 3.8) is 0 Å². The Morgan fingerprint density at radius 2 is 1.94 bits per heavy atom. The van der Waals surface area contributed by atoms with Crippen LogP contribution in [-0.2, 0) is 0 Å². The highest BCUT2D eigenvalue weighted by molar-refractivity contribution is 6.30. The molecule has 1 aromatic heterocycles. The van der Waals surface area contributed by atoms with Crippen molar-refractivity contribution in [2.75, 3.05) is 5.32 Å². The number of carboxylic acids is 1. The quantitative estimate of drug-likeness (QED) is 0.874. The molecule has 6 heteroatoms. The number of hydrogen-bond acceptors (Lipinski definition) is 4. The Bertz CT molecular complexity index is 543. The van der Waals surface area contributed by atoms with Gasteiger partial charge in [0.25, 0.3) is 0 Å². The van der Waals surface area contributed by atoms with Crippen molar-refractivity contribution in [1.29, 1.82) is 0 Å². The predicted octanol–water partition coefficient (Wildman–Crippen LogP) is 2.57. The van der Waals surface area contributed by atoms with Gasteiger partial charge in [0.05, 0.1) is 0 Å². The summed E-state index contributed by atoms with van der Waals surface area (Å²) in [7, 11) is 0. The summed E-state index contributed by atoms with van der Waals surface area (Å²) in [5.41, 5.74) is 0.768. The van der Waals surface area contributed by atoms with Crippen LogP contribution in [0.2, 0.25) is 5.02 Å². The maximum atomic E-state index is 10.7. The molecule has 5 nitrogen and oxygen atoms in total. The molecule has 0 spiro atoms. The number of rotatable bonds is 3. The van der Waals surface area contributed by atoms with Gasteiger partial charge in [-0.15, -0.1) is 0 Å². The molecule has 2 rings (SSSR count). The molecule has 0 amide bonds. The zero-order chi connectivity index (χ0) is 12.3. The molecule has 17 heavy (non-hydrogen) atoms. The predicted molar refractivity (Wildman–Crippen MR) is 63.7 cm³/mol. The number of carboxylic acid groups (broad SMARTS) is 1. The van der Waals surface area contributed by atoms with Crippen LogP contribution >= 0.6 is 11.6 Å². The van der Waals surface area contributed by atoms with Gasteiger partial charge in [-0.2, -0.15) is 0 Å². The molecule has 0 aliphatic heterocycles. The van der Waals surface area contributed by atoms with Crippen LogP contribution in [0.15, 0.2) is 36.5 Å². The van der Waals surface area contributed by atoms with E-state index in [2.05, 4.69) is 15.3 Å². The number of hydrogen-bond donors (Lipinski definition) is 2. The molecule has 0 saturated heterocycles. The van der Waals surface area contributed by atoms with Crippen LogP contribution < -0.4 is 5.32 Å². The van der Waals surface area contributed by atoms with Crippen LogP contribution in [-0.4, -0.2) is 21.0 Å². The number of nitrogens with one attached hydrogen (secondary N) is 1. The minimum absolute atomic E-state index is 0.246. The minimum Gasteiger partial charge on any atom is -0.475 e. The van der Waals surface area contributed by atoms with Crippen molar-refractivity contribution in [1.82, 2.24) is 9.97 Å². The molecule has 0 bridgehead atoms. The molecule has 2 N–H and O–H groups in total. The third kappa shape index (κ3) is 2.92. The van der Waals surface area contributed by atoms with Crippen molar-refractivity contribution < 1.29 is 9.90 Å². The zero-order valence-corrected chi connectivity index (χ0v) is 9.35. The number of halogens is 1. The van der Waals surface area contributed by atoms with Gasteiger partial charge in [0.2, 0.25) is 5.82 Å². The van der Waals surface area contributed by atoms with E-state index in [-0.39, 0.29) is 5.82 Å². The van der Waals surface area contributed by atoms with Crippen LogP contribution in [0.1, 0.15) is 10.6 Å². The molecular formula is C11H8ClN3O2. The highest BCUT2D eigenvalue weighted by Gasteiger charge is 2.06. The minimum atomic E-state index is -1.16. The summed E-state index contributed by atoms with van der Waals surface area (Å²) in [6, 6.07) is 8.57. The van der Waals surface area contributed by atoms with E-state index in [1.807, 2.05) is 0 Å². The average molecular weight is 250 g/mol. The van der Waals surface area contributed by atoms with E-state index in [1.165, 1.54) is 6.20 Å². The maximum absolute atomic E-state index is 10.7. The van der Waals surface area contributed by atoms with E-state index >= 15 is 0 Å². The van der Waals surface area contributed by atoms with E-state index in [9.17, 15) is 4.79 Å². The summed E-state index contributed by atoms with van der Waals surface area (Å²) < 4.78 is 0. The highest BCUT2D eigenvalue weighted by atomic mass is 35.5. The number of nitrogens with zero attached hydrogens (tertiary/aromatic N) is 2. The van der Waals surface area contributed by atoms with Crippen LogP contribution in [0.25, 0.3) is 0 Å². The summed E-state index contributed by atoms with van der Waals surface area (Å²) >= 11 is 5.75. The largest absolute Gasteiger partial charge is 0.475 e. The summed E-state index contributed by atoms with van der Waals surface area (Å²) in [5.74, 6) is -0.992. The Kier molecular flexibility index (Phi) is 3.20. The van der Waals surface area contributed by atoms with E-state index in [1.54, 1.807) is 30.3 Å². The van der Waals surface area contributed by atoms with Gasteiger partial charge in [-0.3, -0.25) is 0 Å². The van der Waals surface area contributed by atoms with E-state index in [0.717, 1.165) is 5.69 Å². The van der Waals surface area contributed by atoms with Crippen LogP contribution in [0.5, 0.6) is 0 Å². The van der Waals surface area contributed by atoms with Gasteiger partial charge < -0.3 is 10.4 Å². The van der Waals surface area contributed by atoms with Crippen LogP contribution in [0.3, 0.4) is 0 Å². The molecule has 0 unspecified atom stereocenters. The smallest absolute Gasteiger partial charge is 0.374 e. The second kappa shape index (κ2) is 4.80. The molecule has 0 atom stereocenters. The van der Waals surface area contributed by atoms with Crippen molar-refractivity contribution in [2.45, 2.75) is 0 Å². The monoisotopic (exact) mass is 249 g/mol. The fourth-order valence-electron chi connectivity index (χ4n) is 1.21. The lowest BCUT2D eigenvalue weighted by Gasteiger charge is -2.05. The van der Waals surface area contributed by atoms with Gasteiger partial charge in [0.1, 0.15) is 5.82 Å². The van der Waals surface area contributed by atoms with Gasteiger partial charge >= 0.3 is 5.97 Å². The summed E-state index contributed by atoms with van der Waals surface area (Å²) in [4.78, 5) is 18.1. The number of benzene rings is 1. The van der Waals surface area contributed by atoms with E-state index in [0.29, 0.717) is 10.8 Å². The van der Waals surface area contributed by atoms with E-state index < -0.39 is 5.97 Å².